The van der Waals surface area contributed by atoms with E-state index in [1.165, 1.54) is 0 Å². The molecular formula is C22H26N2O6. The third kappa shape index (κ3) is 5.06. The predicted molar refractivity (Wildman–Crippen MR) is 107 cm³/mol. The maximum atomic E-state index is 12.4. The highest BCUT2D eigenvalue weighted by molar-refractivity contribution is 6.05. The zero-order chi connectivity index (χ0) is 21.5. The van der Waals surface area contributed by atoms with Gasteiger partial charge in [-0.3, -0.25) is 24.1 Å². The standard InChI is InChI=1S/C22H26N2O6/c1-29-18-9-5-2-6-15(18)10-12-23-19(25)14-30-20(26)11-13-24-21(27)16-7-3-4-8-17(16)22(24)28/h2-6,9,16-17H,7-8,10-14H2,1H3,(H,23,25)/t16-,17-/m0/s1. The largest absolute Gasteiger partial charge is 0.496 e. The Balaban J connectivity index is 1.35. The molecular weight excluding hydrogens is 388 g/mol. The lowest BCUT2D eigenvalue weighted by atomic mass is 9.85. The van der Waals surface area contributed by atoms with Gasteiger partial charge in [0.2, 0.25) is 11.8 Å². The van der Waals surface area contributed by atoms with Crippen molar-refractivity contribution in [3.63, 3.8) is 0 Å². The van der Waals surface area contributed by atoms with E-state index < -0.39 is 18.5 Å². The number of nitrogens with one attached hydrogen (secondary N) is 1. The Morgan fingerprint density at radius 2 is 1.77 bits per heavy atom. The Bertz CT molecular complexity index is 824. The van der Waals surface area contributed by atoms with Crippen molar-refractivity contribution < 1.29 is 28.7 Å². The van der Waals surface area contributed by atoms with Gasteiger partial charge in [0.1, 0.15) is 5.75 Å². The van der Waals surface area contributed by atoms with Crippen LogP contribution in [0.15, 0.2) is 36.4 Å². The fraction of sp³-hybridized carbons (Fsp3) is 0.455. The van der Waals surface area contributed by atoms with Crippen molar-refractivity contribution >= 4 is 23.7 Å². The molecule has 2 atom stereocenters. The highest BCUT2D eigenvalue weighted by Gasteiger charge is 2.46. The van der Waals surface area contributed by atoms with E-state index in [2.05, 4.69) is 5.32 Å². The van der Waals surface area contributed by atoms with Crippen LogP contribution in [0.2, 0.25) is 0 Å². The molecule has 1 aliphatic carbocycles. The van der Waals surface area contributed by atoms with Gasteiger partial charge in [-0.1, -0.05) is 30.4 Å². The summed E-state index contributed by atoms with van der Waals surface area (Å²) in [5, 5.41) is 2.69. The number of benzene rings is 1. The van der Waals surface area contributed by atoms with Crippen LogP contribution in [0, 0.1) is 11.8 Å². The number of allylic oxidation sites excluding steroid dienone is 2. The third-order valence-electron chi connectivity index (χ3n) is 5.41. The van der Waals surface area contributed by atoms with Gasteiger partial charge < -0.3 is 14.8 Å². The SMILES string of the molecule is COc1ccccc1CCNC(=O)COC(=O)CCN1C(=O)[C@H]2CC=CC[C@@H]2C1=O. The van der Waals surface area contributed by atoms with Gasteiger partial charge >= 0.3 is 5.97 Å². The summed E-state index contributed by atoms with van der Waals surface area (Å²) in [7, 11) is 1.59. The van der Waals surface area contributed by atoms with Crippen molar-refractivity contribution in [2.24, 2.45) is 11.8 Å². The van der Waals surface area contributed by atoms with Crippen molar-refractivity contribution in [3.8, 4) is 5.75 Å². The molecule has 1 saturated heterocycles. The summed E-state index contributed by atoms with van der Waals surface area (Å²) in [5.41, 5.74) is 0.966. The second-order valence-electron chi connectivity index (χ2n) is 7.31. The molecule has 1 heterocycles. The molecule has 8 nitrogen and oxygen atoms in total. The molecule has 3 rings (SSSR count). The molecule has 0 spiro atoms. The first-order valence-electron chi connectivity index (χ1n) is 10.1. The lowest BCUT2D eigenvalue weighted by molar-refractivity contribution is -0.149. The first-order chi connectivity index (χ1) is 14.5. The lowest BCUT2D eigenvalue weighted by Crippen LogP contribution is -2.34. The van der Waals surface area contributed by atoms with Crippen LogP contribution >= 0.6 is 0 Å². The number of ether oxygens (including phenoxy) is 2. The van der Waals surface area contributed by atoms with E-state index in [4.69, 9.17) is 9.47 Å². The average Bonchev–Trinajstić information content (AvgIpc) is 3.01. The minimum absolute atomic E-state index is 0.0150. The van der Waals surface area contributed by atoms with Gasteiger partial charge in [-0.2, -0.15) is 0 Å². The second-order valence-corrected chi connectivity index (χ2v) is 7.31. The van der Waals surface area contributed by atoms with Crippen LogP contribution in [-0.2, 0) is 30.3 Å². The zero-order valence-electron chi connectivity index (χ0n) is 17.0. The molecule has 0 saturated carbocycles. The number of likely N-dealkylation sites (tertiary alicyclic amines) is 1. The molecule has 1 aliphatic heterocycles. The molecule has 0 aromatic heterocycles. The van der Waals surface area contributed by atoms with E-state index in [-0.39, 0.29) is 36.6 Å². The Kier molecular flexibility index (Phi) is 7.21. The van der Waals surface area contributed by atoms with E-state index in [1.807, 2.05) is 36.4 Å². The van der Waals surface area contributed by atoms with Crippen LogP contribution in [0.3, 0.4) is 0 Å². The lowest BCUT2D eigenvalue weighted by Gasteiger charge is -2.14. The number of amides is 3. The highest BCUT2D eigenvalue weighted by Crippen LogP contribution is 2.35. The van der Waals surface area contributed by atoms with E-state index >= 15 is 0 Å². The summed E-state index contributed by atoms with van der Waals surface area (Å²) in [6.07, 6.45) is 5.41. The average molecular weight is 414 g/mol. The number of fused-ring (bicyclic) bond motifs is 1. The molecule has 1 aromatic rings. The molecule has 3 amide bonds. The molecule has 0 bridgehead atoms. The van der Waals surface area contributed by atoms with Crippen molar-refractivity contribution in [2.45, 2.75) is 25.7 Å². The quantitative estimate of drug-likeness (QED) is 0.371. The van der Waals surface area contributed by atoms with Crippen molar-refractivity contribution in [1.82, 2.24) is 10.2 Å². The minimum Gasteiger partial charge on any atom is -0.496 e. The van der Waals surface area contributed by atoms with E-state index in [0.717, 1.165) is 16.2 Å². The summed E-state index contributed by atoms with van der Waals surface area (Å²) >= 11 is 0. The molecule has 1 fully saturated rings. The van der Waals surface area contributed by atoms with Gasteiger partial charge in [0, 0.05) is 13.1 Å². The van der Waals surface area contributed by atoms with Gasteiger partial charge in [0.25, 0.3) is 5.91 Å². The highest BCUT2D eigenvalue weighted by atomic mass is 16.5. The van der Waals surface area contributed by atoms with Crippen LogP contribution in [0.5, 0.6) is 5.75 Å². The zero-order valence-corrected chi connectivity index (χ0v) is 17.0. The Hall–Kier alpha value is -3.16. The van der Waals surface area contributed by atoms with E-state index in [1.54, 1.807) is 7.11 Å². The van der Waals surface area contributed by atoms with Crippen LogP contribution in [0.25, 0.3) is 0 Å². The van der Waals surface area contributed by atoms with Gasteiger partial charge in [0.05, 0.1) is 25.4 Å². The Morgan fingerprint density at radius 1 is 1.10 bits per heavy atom. The number of esters is 1. The first kappa shape index (κ1) is 21.5. The molecule has 1 N–H and O–H groups in total. The van der Waals surface area contributed by atoms with Crippen LogP contribution in [-0.4, -0.2) is 55.4 Å². The van der Waals surface area contributed by atoms with Crippen molar-refractivity contribution in [3.05, 3.63) is 42.0 Å². The minimum atomic E-state index is -0.622. The maximum Gasteiger partial charge on any atom is 0.308 e. The van der Waals surface area contributed by atoms with Crippen LogP contribution in [0.4, 0.5) is 0 Å². The third-order valence-corrected chi connectivity index (χ3v) is 5.41. The summed E-state index contributed by atoms with van der Waals surface area (Å²) < 4.78 is 10.2. The predicted octanol–water partition coefficient (Wildman–Crippen LogP) is 1.24. The summed E-state index contributed by atoms with van der Waals surface area (Å²) in [6, 6.07) is 7.52. The Labute approximate surface area is 175 Å². The smallest absolute Gasteiger partial charge is 0.308 e. The fourth-order valence-electron chi connectivity index (χ4n) is 3.81. The molecule has 1 aromatic carbocycles. The van der Waals surface area contributed by atoms with Crippen LogP contribution in [0.1, 0.15) is 24.8 Å². The molecule has 2 aliphatic rings. The van der Waals surface area contributed by atoms with E-state index in [0.29, 0.717) is 25.8 Å². The number of rotatable bonds is 9. The topological polar surface area (TPSA) is 102 Å². The van der Waals surface area contributed by atoms with Crippen molar-refractivity contribution in [1.29, 1.82) is 0 Å². The molecule has 30 heavy (non-hydrogen) atoms. The number of hydrogen-bond donors (Lipinski definition) is 1. The van der Waals surface area contributed by atoms with Gasteiger partial charge in [0.15, 0.2) is 6.61 Å². The first-order valence-corrected chi connectivity index (χ1v) is 10.1. The number of methoxy groups -OCH3 is 1. The molecule has 0 radical (unpaired) electrons. The van der Waals surface area contributed by atoms with Gasteiger partial charge in [-0.15, -0.1) is 0 Å². The number of carbonyl (C=O) groups excluding carboxylic acids is 4. The molecule has 160 valence electrons. The Morgan fingerprint density at radius 3 is 2.43 bits per heavy atom. The summed E-state index contributed by atoms with van der Waals surface area (Å²) in [4.78, 5) is 49.7. The number of imide groups is 1. The number of nitrogens with zero attached hydrogens (tertiary/aromatic N) is 1. The molecule has 0 unspecified atom stereocenters. The van der Waals surface area contributed by atoms with Gasteiger partial charge in [-0.05, 0) is 30.9 Å². The monoisotopic (exact) mass is 414 g/mol. The fourth-order valence-corrected chi connectivity index (χ4v) is 3.81. The normalized spacial score (nSPS) is 20.1. The maximum absolute atomic E-state index is 12.4. The summed E-state index contributed by atoms with van der Waals surface area (Å²) in [5.74, 6) is -1.36. The number of para-hydroxylation sites is 1. The van der Waals surface area contributed by atoms with Crippen molar-refractivity contribution in [2.75, 3.05) is 26.8 Å². The van der Waals surface area contributed by atoms with Gasteiger partial charge in [-0.25, -0.2) is 0 Å². The summed E-state index contributed by atoms with van der Waals surface area (Å²) in [6.45, 7) is -0.0366. The van der Waals surface area contributed by atoms with Crippen LogP contribution < -0.4 is 10.1 Å². The van der Waals surface area contributed by atoms with E-state index in [9.17, 15) is 19.2 Å². The number of hydrogen-bond acceptors (Lipinski definition) is 6. The second kappa shape index (κ2) is 10.0. The molecule has 8 heteroatoms. The number of carbonyl (C=O) groups is 4.